The summed E-state index contributed by atoms with van der Waals surface area (Å²) in [5, 5.41) is 9.57. The fourth-order valence-electron chi connectivity index (χ4n) is 1.99. The Morgan fingerprint density at radius 3 is 2.58 bits per heavy atom. The van der Waals surface area contributed by atoms with E-state index in [1.54, 1.807) is 23.5 Å². The molecule has 9 heteroatoms. The first-order valence-electron chi connectivity index (χ1n) is 6.89. The normalized spacial score (nSPS) is 13.0. The van der Waals surface area contributed by atoms with Crippen LogP contribution < -0.4 is 4.74 Å². The third-order valence-corrected chi connectivity index (χ3v) is 4.98. The number of aromatic amines is 1. The summed E-state index contributed by atoms with van der Waals surface area (Å²) in [6, 6.07) is 9.69. The molecule has 0 saturated carbocycles. The molecular weight excluding hydrogens is 359 g/mol. The molecular formula is C15H12F3N3OS2. The van der Waals surface area contributed by atoms with Gasteiger partial charge in [-0.2, -0.15) is 0 Å². The molecule has 3 aromatic rings. The van der Waals surface area contributed by atoms with Crippen molar-refractivity contribution < 1.29 is 17.9 Å². The molecule has 3 rings (SSSR count). The van der Waals surface area contributed by atoms with Crippen LogP contribution in [-0.4, -0.2) is 21.5 Å². The highest BCUT2D eigenvalue weighted by atomic mass is 32.2. The Kier molecular flexibility index (Phi) is 4.81. The van der Waals surface area contributed by atoms with E-state index in [9.17, 15) is 13.2 Å². The SMILES string of the molecule is CC(Sc1n[nH]c(-c2cccs2)n1)c1ccc(OC(F)(F)F)cc1. The van der Waals surface area contributed by atoms with Crippen molar-refractivity contribution in [3.8, 4) is 16.5 Å². The van der Waals surface area contributed by atoms with Crippen molar-refractivity contribution in [1.82, 2.24) is 15.2 Å². The quantitative estimate of drug-likeness (QED) is 0.620. The summed E-state index contributed by atoms with van der Waals surface area (Å²) < 4.78 is 40.3. The molecule has 0 aliphatic rings. The molecule has 0 amide bonds. The number of benzene rings is 1. The van der Waals surface area contributed by atoms with Crippen molar-refractivity contribution in [3.63, 3.8) is 0 Å². The van der Waals surface area contributed by atoms with E-state index in [4.69, 9.17) is 0 Å². The summed E-state index contributed by atoms with van der Waals surface area (Å²) in [5.41, 5.74) is 0.858. The molecule has 0 saturated heterocycles. The summed E-state index contributed by atoms with van der Waals surface area (Å²) in [7, 11) is 0. The second kappa shape index (κ2) is 6.86. The Morgan fingerprint density at radius 2 is 1.96 bits per heavy atom. The maximum Gasteiger partial charge on any atom is 0.573 e. The van der Waals surface area contributed by atoms with Gasteiger partial charge in [0.1, 0.15) is 5.75 Å². The summed E-state index contributed by atoms with van der Waals surface area (Å²) in [6.45, 7) is 1.94. The van der Waals surface area contributed by atoms with Crippen LogP contribution in [0.5, 0.6) is 5.75 Å². The van der Waals surface area contributed by atoms with Crippen molar-refractivity contribution in [1.29, 1.82) is 0 Å². The van der Waals surface area contributed by atoms with Crippen LogP contribution in [0.25, 0.3) is 10.7 Å². The molecule has 24 heavy (non-hydrogen) atoms. The Balaban J connectivity index is 1.65. The highest BCUT2D eigenvalue weighted by Crippen LogP contribution is 2.35. The van der Waals surface area contributed by atoms with Gasteiger partial charge in [-0.05, 0) is 36.1 Å². The molecule has 0 radical (unpaired) electrons. The Morgan fingerprint density at radius 1 is 1.21 bits per heavy atom. The van der Waals surface area contributed by atoms with Crippen LogP contribution in [0.1, 0.15) is 17.7 Å². The predicted molar refractivity (Wildman–Crippen MR) is 87.1 cm³/mol. The highest BCUT2D eigenvalue weighted by Gasteiger charge is 2.31. The number of nitrogens with one attached hydrogen (secondary N) is 1. The maximum absolute atomic E-state index is 12.2. The van der Waals surface area contributed by atoms with Crippen LogP contribution in [-0.2, 0) is 0 Å². The average Bonchev–Trinajstić information content (AvgIpc) is 3.16. The molecule has 126 valence electrons. The van der Waals surface area contributed by atoms with Crippen molar-refractivity contribution >= 4 is 23.1 Å². The van der Waals surface area contributed by atoms with E-state index < -0.39 is 6.36 Å². The minimum atomic E-state index is -4.68. The summed E-state index contributed by atoms with van der Waals surface area (Å²) in [6.07, 6.45) is -4.68. The summed E-state index contributed by atoms with van der Waals surface area (Å²) >= 11 is 2.98. The predicted octanol–water partition coefficient (Wildman–Crippen LogP) is 5.29. The molecule has 2 aromatic heterocycles. The van der Waals surface area contributed by atoms with Crippen LogP contribution in [0.2, 0.25) is 0 Å². The number of thiophene rings is 1. The van der Waals surface area contributed by atoms with Crippen molar-refractivity contribution in [2.75, 3.05) is 0 Å². The number of rotatable bonds is 5. The van der Waals surface area contributed by atoms with Gasteiger partial charge in [-0.3, -0.25) is 5.10 Å². The van der Waals surface area contributed by atoms with E-state index in [1.807, 2.05) is 24.4 Å². The number of nitrogens with zero attached hydrogens (tertiary/aromatic N) is 2. The lowest BCUT2D eigenvalue weighted by molar-refractivity contribution is -0.274. The number of alkyl halides is 3. The number of hydrogen-bond donors (Lipinski definition) is 1. The minimum absolute atomic E-state index is 0.0167. The van der Waals surface area contributed by atoms with Gasteiger partial charge >= 0.3 is 6.36 Å². The molecule has 1 unspecified atom stereocenters. The van der Waals surface area contributed by atoms with Gasteiger partial charge in [0, 0.05) is 5.25 Å². The van der Waals surface area contributed by atoms with E-state index in [0.29, 0.717) is 11.0 Å². The van der Waals surface area contributed by atoms with Gasteiger partial charge in [0.05, 0.1) is 4.88 Å². The lowest BCUT2D eigenvalue weighted by atomic mass is 10.2. The highest BCUT2D eigenvalue weighted by molar-refractivity contribution is 7.99. The molecule has 0 spiro atoms. The first kappa shape index (κ1) is 16.8. The first-order valence-corrected chi connectivity index (χ1v) is 8.65. The standard InChI is InChI=1S/C15H12F3N3OS2/c1-9(10-4-6-11(7-5-10)22-15(16,17)18)24-14-19-13(20-21-14)12-3-2-8-23-12/h2-9H,1H3,(H,19,20,21). The van der Waals surface area contributed by atoms with Gasteiger partial charge in [0.25, 0.3) is 0 Å². The first-order chi connectivity index (χ1) is 11.4. The van der Waals surface area contributed by atoms with Crippen LogP contribution in [0.3, 0.4) is 0 Å². The van der Waals surface area contributed by atoms with E-state index in [2.05, 4.69) is 19.9 Å². The third kappa shape index (κ3) is 4.30. The molecule has 0 fully saturated rings. The Labute approximate surface area is 144 Å². The summed E-state index contributed by atoms with van der Waals surface area (Å²) in [4.78, 5) is 5.41. The van der Waals surface area contributed by atoms with Gasteiger partial charge in [-0.25, -0.2) is 4.98 Å². The zero-order valence-electron chi connectivity index (χ0n) is 12.4. The fraction of sp³-hybridized carbons (Fsp3) is 0.200. The third-order valence-electron chi connectivity index (χ3n) is 3.08. The van der Waals surface area contributed by atoms with Crippen LogP contribution in [0.4, 0.5) is 13.2 Å². The molecule has 0 aliphatic heterocycles. The zero-order valence-corrected chi connectivity index (χ0v) is 14.0. The summed E-state index contributed by atoms with van der Waals surface area (Å²) in [5.74, 6) is 0.468. The van der Waals surface area contributed by atoms with Gasteiger partial charge in [0.2, 0.25) is 5.16 Å². The number of ether oxygens (including phenoxy) is 1. The van der Waals surface area contributed by atoms with Gasteiger partial charge in [-0.15, -0.1) is 29.6 Å². The largest absolute Gasteiger partial charge is 0.573 e. The van der Waals surface area contributed by atoms with Crippen molar-refractivity contribution in [3.05, 3.63) is 47.3 Å². The number of thioether (sulfide) groups is 1. The lowest BCUT2D eigenvalue weighted by Gasteiger charge is -2.12. The topological polar surface area (TPSA) is 50.8 Å². The smallest absolute Gasteiger partial charge is 0.406 e. The van der Waals surface area contributed by atoms with E-state index >= 15 is 0 Å². The van der Waals surface area contributed by atoms with Gasteiger partial charge in [0.15, 0.2) is 5.82 Å². The molecule has 0 bridgehead atoms. The molecule has 2 heterocycles. The monoisotopic (exact) mass is 371 g/mol. The average molecular weight is 371 g/mol. The van der Waals surface area contributed by atoms with Crippen LogP contribution >= 0.6 is 23.1 Å². The molecule has 0 aliphatic carbocycles. The minimum Gasteiger partial charge on any atom is -0.406 e. The molecule has 1 atom stereocenters. The van der Waals surface area contributed by atoms with Crippen molar-refractivity contribution in [2.45, 2.75) is 23.7 Å². The van der Waals surface area contributed by atoms with E-state index in [-0.39, 0.29) is 11.0 Å². The maximum atomic E-state index is 12.2. The van der Waals surface area contributed by atoms with Crippen LogP contribution in [0, 0.1) is 0 Å². The Bertz CT molecular complexity index is 785. The lowest BCUT2D eigenvalue weighted by Crippen LogP contribution is -2.17. The molecule has 4 nitrogen and oxygen atoms in total. The second-order valence-corrected chi connectivity index (χ2v) is 7.08. The zero-order chi connectivity index (χ0) is 17.2. The number of hydrogen-bond acceptors (Lipinski definition) is 5. The number of aromatic nitrogens is 3. The van der Waals surface area contributed by atoms with E-state index in [0.717, 1.165) is 10.4 Å². The second-order valence-electron chi connectivity index (χ2n) is 4.82. The molecule has 1 aromatic carbocycles. The fourth-order valence-corrected chi connectivity index (χ4v) is 3.50. The van der Waals surface area contributed by atoms with Gasteiger partial charge in [-0.1, -0.05) is 30.0 Å². The number of H-pyrrole nitrogens is 1. The van der Waals surface area contributed by atoms with Gasteiger partial charge < -0.3 is 4.74 Å². The van der Waals surface area contributed by atoms with Crippen molar-refractivity contribution in [2.24, 2.45) is 0 Å². The number of halogens is 3. The molecule has 1 N–H and O–H groups in total. The van der Waals surface area contributed by atoms with Crippen LogP contribution in [0.15, 0.2) is 46.9 Å². The van der Waals surface area contributed by atoms with E-state index in [1.165, 1.54) is 23.9 Å². The Hall–Kier alpha value is -2.00.